The van der Waals surface area contributed by atoms with Crippen molar-refractivity contribution < 1.29 is 14.3 Å². The predicted molar refractivity (Wildman–Crippen MR) is 90.3 cm³/mol. The fourth-order valence-corrected chi connectivity index (χ4v) is 4.63. The first kappa shape index (κ1) is 16.2. The largest absolute Gasteiger partial charge is 0.447 e. The van der Waals surface area contributed by atoms with E-state index in [-0.39, 0.29) is 36.0 Å². The number of nitrogens with zero attached hydrogens (tertiary/aromatic N) is 2. The van der Waals surface area contributed by atoms with E-state index in [1.165, 1.54) is 0 Å². The molecule has 25 heavy (non-hydrogen) atoms. The Morgan fingerprint density at radius 1 is 1.32 bits per heavy atom. The molecular formula is C18H23N3O4. The van der Waals surface area contributed by atoms with Gasteiger partial charge in [0.1, 0.15) is 12.6 Å². The Labute approximate surface area is 145 Å². The van der Waals surface area contributed by atoms with Crippen LogP contribution in [0, 0.1) is 5.92 Å². The molecule has 7 nitrogen and oxygen atoms in total. The van der Waals surface area contributed by atoms with Gasteiger partial charge in [0.25, 0.3) is 5.56 Å². The number of amides is 2. The Kier molecular flexibility index (Phi) is 4.01. The number of carbonyl (C=O) groups is 2. The van der Waals surface area contributed by atoms with Crippen molar-refractivity contribution in [1.82, 2.24) is 14.8 Å². The number of pyridine rings is 1. The Morgan fingerprint density at radius 2 is 2.16 bits per heavy atom. The van der Waals surface area contributed by atoms with E-state index < -0.39 is 12.1 Å². The van der Waals surface area contributed by atoms with Gasteiger partial charge in [-0.25, -0.2) is 4.79 Å². The number of nitrogens with one attached hydrogen (secondary N) is 1. The van der Waals surface area contributed by atoms with E-state index in [0.717, 1.165) is 25.0 Å². The molecule has 4 atom stereocenters. The maximum Gasteiger partial charge on any atom is 0.407 e. The third kappa shape index (κ3) is 2.71. The smallest absolute Gasteiger partial charge is 0.407 e. The van der Waals surface area contributed by atoms with Gasteiger partial charge in [0, 0.05) is 36.8 Å². The third-order valence-electron chi connectivity index (χ3n) is 5.67. The van der Waals surface area contributed by atoms with Crippen LogP contribution in [0.2, 0.25) is 0 Å². The highest BCUT2D eigenvalue weighted by Crippen LogP contribution is 2.42. The number of aromatic nitrogens is 1. The van der Waals surface area contributed by atoms with E-state index in [9.17, 15) is 14.4 Å². The molecule has 0 aromatic carbocycles. The zero-order valence-electron chi connectivity index (χ0n) is 14.3. The molecule has 2 amide bonds. The van der Waals surface area contributed by atoms with Crippen molar-refractivity contribution in [3.63, 3.8) is 0 Å². The Bertz CT molecular complexity index is 759. The van der Waals surface area contributed by atoms with Gasteiger partial charge in [-0.1, -0.05) is 19.4 Å². The second kappa shape index (κ2) is 6.20. The van der Waals surface area contributed by atoms with Crippen LogP contribution in [0.1, 0.15) is 43.8 Å². The van der Waals surface area contributed by atoms with Crippen molar-refractivity contribution in [2.45, 2.75) is 44.2 Å². The van der Waals surface area contributed by atoms with Crippen LogP contribution in [-0.2, 0) is 9.53 Å². The highest BCUT2D eigenvalue weighted by molar-refractivity contribution is 5.88. The van der Waals surface area contributed by atoms with E-state index in [4.69, 9.17) is 4.74 Å². The third-order valence-corrected chi connectivity index (χ3v) is 5.67. The zero-order chi connectivity index (χ0) is 17.6. The quantitative estimate of drug-likeness (QED) is 0.894. The van der Waals surface area contributed by atoms with E-state index >= 15 is 0 Å². The summed E-state index contributed by atoms with van der Waals surface area (Å²) in [7, 11) is 0. The lowest BCUT2D eigenvalue weighted by atomic mass is 9.77. The predicted octanol–water partition coefficient (Wildman–Crippen LogP) is 1.24. The van der Waals surface area contributed by atoms with Crippen LogP contribution in [0.25, 0.3) is 0 Å². The van der Waals surface area contributed by atoms with E-state index in [1.807, 2.05) is 21.6 Å². The molecule has 0 unspecified atom stereocenters. The molecule has 2 saturated heterocycles. The molecule has 0 saturated carbocycles. The van der Waals surface area contributed by atoms with Crippen LogP contribution in [0.15, 0.2) is 23.0 Å². The standard InChI is InChI=1S/C18H23N3O4/c1-2-4-14-11-7-12(15-5-3-6-16(22)21(14)15)9-20(8-11)17(23)13-10-25-18(24)19-13/h3,5-6,11-14H,2,4,7-10H2,1H3,(H,19,24)/t11-,12+,13-,14-/m0/s1. The minimum Gasteiger partial charge on any atom is -0.447 e. The molecule has 0 aliphatic carbocycles. The maximum atomic E-state index is 12.8. The van der Waals surface area contributed by atoms with Gasteiger partial charge in [-0.15, -0.1) is 0 Å². The molecular weight excluding hydrogens is 322 g/mol. The van der Waals surface area contributed by atoms with Crippen molar-refractivity contribution in [2.75, 3.05) is 19.7 Å². The normalized spacial score (nSPS) is 30.4. The van der Waals surface area contributed by atoms with Crippen molar-refractivity contribution in [1.29, 1.82) is 0 Å². The number of rotatable bonds is 3. The second-order valence-electron chi connectivity index (χ2n) is 7.25. The van der Waals surface area contributed by atoms with E-state index in [1.54, 1.807) is 6.07 Å². The van der Waals surface area contributed by atoms with Gasteiger partial charge in [-0.05, 0) is 24.8 Å². The lowest BCUT2D eigenvalue weighted by Gasteiger charge is -2.47. The van der Waals surface area contributed by atoms with Crippen molar-refractivity contribution >= 4 is 12.0 Å². The van der Waals surface area contributed by atoms with Crippen LogP contribution in [0.5, 0.6) is 0 Å². The zero-order valence-corrected chi connectivity index (χ0v) is 14.3. The fourth-order valence-electron chi connectivity index (χ4n) is 4.63. The van der Waals surface area contributed by atoms with Gasteiger partial charge in [-0.3, -0.25) is 9.59 Å². The summed E-state index contributed by atoms with van der Waals surface area (Å²) in [6.07, 6.45) is 2.40. The molecule has 2 bridgehead atoms. The molecule has 2 fully saturated rings. The lowest BCUT2D eigenvalue weighted by molar-refractivity contribution is -0.136. The summed E-state index contributed by atoms with van der Waals surface area (Å²) in [4.78, 5) is 38.3. The van der Waals surface area contributed by atoms with Crippen molar-refractivity contribution in [2.24, 2.45) is 5.92 Å². The minimum absolute atomic E-state index is 0.0573. The lowest BCUT2D eigenvalue weighted by Crippen LogP contribution is -2.55. The number of alkyl carbamates (subject to hydrolysis) is 1. The van der Waals surface area contributed by atoms with Gasteiger partial charge in [0.05, 0.1) is 0 Å². The fraction of sp³-hybridized carbons (Fsp3) is 0.611. The van der Waals surface area contributed by atoms with Crippen molar-refractivity contribution in [3.05, 3.63) is 34.2 Å². The number of carbonyl (C=O) groups excluding carboxylic acids is 2. The van der Waals surface area contributed by atoms with Crippen LogP contribution in [0.4, 0.5) is 4.79 Å². The Morgan fingerprint density at radius 3 is 2.88 bits per heavy atom. The SMILES string of the molecule is CCC[C@H]1[C@H]2C[C@H](CN(C(=O)[C@@H]3COC(=O)N3)C2)c2cccc(=O)n21. The summed E-state index contributed by atoms with van der Waals surface area (Å²) in [6, 6.07) is 4.99. The molecule has 1 aromatic rings. The summed E-state index contributed by atoms with van der Waals surface area (Å²) in [6.45, 7) is 3.44. The second-order valence-corrected chi connectivity index (χ2v) is 7.25. The maximum absolute atomic E-state index is 12.8. The number of cyclic esters (lactones) is 1. The minimum atomic E-state index is -0.589. The highest BCUT2D eigenvalue weighted by atomic mass is 16.6. The van der Waals surface area contributed by atoms with Crippen LogP contribution >= 0.6 is 0 Å². The number of hydrogen-bond acceptors (Lipinski definition) is 4. The average molecular weight is 345 g/mol. The van der Waals surface area contributed by atoms with Gasteiger partial charge in [-0.2, -0.15) is 0 Å². The van der Waals surface area contributed by atoms with Gasteiger partial charge in [0.15, 0.2) is 0 Å². The number of hydrogen-bond donors (Lipinski definition) is 1. The van der Waals surface area contributed by atoms with E-state index in [2.05, 4.69) is 12.2 Å². The average Bonchev–Trinajstić information content (AvgIpc) is 3.04. The molecule has 0 radical (unpaired) electrons. The molecule has 1 aromatic heterocycles. The van der Waals surface area contributed by atoms with Crippen LogP contribution < -0.4 is 10.9 Å². The summed E-state index contributed by atoms with van der Waals surface area (Å²) < 4.78 is 6.82. The first-order valence-electron chi connectivity index (χ1n) is 9.02. The molecule has 4 heterocycles. The topological polar surface area (TPSA) is 80.6 Å². The summed E-state index contributed by atoms with van der Waals surface area (Å²) >= 11 is 0. The summed E-state index contributed by atoms with van der Waals surface area (Å²) in [5, 5.41) is 2.57. The molecule has 0 spiro atoms. The number of ether oxygens (including phenoxy) is 1. The molecule has 134 valence electrons. The molecule has 3 aliphatic rings. The number of fused-ring (bicyclic) bond motifs is 4. The summed E-state index contributed by atoms with van der Waals surface area (Å²) in [5.41, 5.74) is 1.09. The Hall–Kier alpha value is -2.31. The highest BCUT2D eigenvalue weighted by Gasteiger charge is 2.43. The van der Waals surface area contributed by atoms with Crippen LogP contribution in [0.3, 0.4) is 0 Å². The monoisotopic (exact) mass is 345 g/mol. The number of piperidine rings is 1. The molecule has 7 heteroatoms. The van der Waals surface area contributed by atoms with Gasteiger partial charge >= 0.3 is 6.09 Å². The van der Waals surface area contributed by atoms with Crippen LogP contribution in [-0.4, -0.2) is 47.2 Å². The first-order valence-corrected chi connectivity index (χ1v) is 9.02. The first-order chi connectivity index (χ1) is 12.1. The Balaban J connectivity index is 1.64. The van der Waals surface area contributed by atoms with Gasteiger partial charge < -0.3 is 19.5 Å². The van der Waals surface area contributed by atoms with E-state index in [0.29, 0.717) is 13.1 Å². The summed E-state index contributed by atoms with van der Waals surface area (Å²) in [5.74, 6) is 0.360. The van der Waals surface area contributed by atoms with Gasteiger partial charge in [0.2, 0.25) is 5.91 Å². The number of likely N-dealkylation sites (tertiary alicyclic amines) is 1. The molecule has 3 aliphatic heterocycles. The van der Waals surface area contributed by atoms with Crippen molar-refractivity contribution in [3.8, 4) is 0 Å². The molecule has 1 N–H and O–H groups in total. The molecule has 4 rings (SSSR count).